The fourth-order valence-corrected chi connectivity index (χ4v) is 21.2. The van der Waals surface area contributed by atoms with Gasteiger partial charge in [-0.1, -0.05) is 249 Å². The van der Waals surface area contributed by atoms with Crippen molar-refractivity contribution in [2.75, 3.05) is 0 Å². The fourth-order valence-electron chi connectivity index (χ4n) is 21.2. The van der Waals surface area contributed by atoms with Gasteiger partial charge in [-0.25, -0.2) is 15.0 Å². The lowest BCUT2D eigenvalue weighted by atomic mass is 9.98. The zero-order chi connectivity index (χ0) is 86.6. The van der Waals surface area contributed by atoms with Gasteiger partial charge in [-0.3, -0.25) is 0 Å². The molecule has 0 radical (unpaired) electrons. The van der Waals surface area contributed by atoms with E-state index in [2.05, 4.69) is 495 Å². The van der Waals surface area contributed by atoms with Crippen LogP contribution in [0.4, 0.5) is 0 Å². The van der Waals surface area contributed by atoms with E-state index >= 15 is 0 Å². The summed E-state index contributed by atoms with van der Waals surface area (Å²) in [6.45, 7) is 0. The highest BCUT2D eigenvalue weighted by molar-refractivity contribution is 6.18. The molecular formula is C123H77N9. The summed E-state index contributed by atoms with van der Waals surface area (Å²) in [5.41, 5.74) is 34.2. The summed E-state index contributed by atoms with van der Waals surface area (Å²) in [5, 5.41) is 14.3. The maximum absolute atomic E-state index is 5.51. The molecule has 9 heteroatoms. The zero-order valence-corrected chi connectivity index (χ0v) is 71.5. The highest BCUT2D eigenvalue weighted by Gasteiger charge is 2.25. The third-order valence-electron chi connectivity index (χ3n) is 27.3. The summed E-state index contributed by atoms with van der Waals surface area (Å²) in [5.74, 6) is 1.71. The van der Waals surface area contributed by atoms with Crippen molar-refractivity contribution in [3.05, 3.63) is 467 Å². The Hall–Kier alpha value is -17.8. The minimum atomic E-state index is 0.564. The molecule has 0 spiro atoms. The first-order chi connectivity index (χ1) is 65.4. The van der Waals surface area contributed by atoms with Crippen LogP contribution in [0.2, 0.25) is 0 Å². The van der Waals surface area contributed by atoms with Crippen LogP contribution in [-0.2, 0) is 0 Å². The van der Waals surface area contributed by atoms with Gasteiger partial charge < -0.3 is 27.4 Å². The van der Waals surface area contributed by atoms with Crippen molar-refractivity contribution in [2.45, 2.75) is 0 Å². The van der Waals surface area contributed by atoms with Crippen molar-refractivity contribution in [1.29, 1.82) is 0 Å². The first-order valence-electron chi connectivity index (χ1n) is 45.1. The second-order valence-electron chi connectivity index (χ2n) is 34.6. The summed E-state index contributed by atoms with van der Waals surface area (Å²) >= 11 is 0. The topological polar surface area (TPSA) is 68.2 Å². The maximum Gasteiger partial charge on any atom is 0.164 e. The summed E-state index contributed by atoms with van der Waals surface area (Å²) in [7, 11) is 0. The van der Waals surface area contributed by atoms with Crippen LogP contribution < -0.4 is 0 Å². The molecule has 0 N–H and O–H groups in total. The standard InChI is InChI=1S/C123H77N9/c1-6-26-78(27-7-1)95-36-16-17-41-100(95)123-125-121(79-46-58-93(59-47-79)131-117-66-54-85(81-50-62-113-101(70-81)96-37-18-22-42-109(96)127(113)89-28-8-2-9-29-89)74-105(117)106-75-86(55-67-118(106)131)82-51-63-114-102(71-82)97-38-19-23-43-110(97)128(114)90-30-10-3-11-31-90)124-122(126-123)80-48-60-94(61-49-80)132-119-68-56-87(83-52-64-115-103(72-83)98-39-20-24-44-111(98)129(115)91-32-12-4-13-33-91)76-107(119)108-77-88(57-69-120(108)132)84-53-65-116-104(73-84)99-40-21-25-45-112(99)130(116)92-34-14-5-15-35-92/h1-77H. The molecule has 132 heavy (non-hydrogen) atoms. The molecule has 0 aliphatic rings. The lowest BCUT2D eigenvalue weighted by Crippen LogP contribution is -2.02. The van der Waals surface area contributed by atoms with E-state index in [9.17, 15) is 0 Å². The van der Waals surface area contributed by atoms with E-state index in [-0.39, 0.29) is 0 Å². The van der Waals surface area contributed by atoms with E-state index in [1.165, 1.54) is 87.2 Å². The van der Waals surface area contributed by atoms with Crippen LogP contribution in [0.1, 0.15) is 0 Å². The van der Waals surface area contributed by atoms with E-state index in [0.717, 1.165) is 150 Å². The first kappa shape index (κ1) is 74.5. The molecule has 0 aliphatic heterocycles. The third-order valence-corrected chi connectivity index (χ3v) is 27.3. The van der Waals surface area contributed by atoms with E-state index in [1.54, 1.807) is 0 Å². The summed E-state index contributed by atoms with van der Waals surface area (Å²) in [4.78, 5) is 16.5. The Bertz CT molecular complexity index is 8430. The average molecular weight is 1680 g/mol. The average Bonchev–Trinajstić information content (AvgIpc) is 1.58. The Labute approximate surface area is 759 Å². The molecule has 0 bridgehead atoms. The Morgan fingerprint density at radius 2 is 0.295 bits per heavy atom. The molecule has 27 rings (SSSR count). The lowest BCUT2D eigenvalue weighted by molar-refractivity contribution is 1.07. The number of hydrogen-bond acceptors (Lipinski definition) is 3. The molecule has 20 aromatic carbocycles. The SMILES string of the molecule is c1ccc(-c2ccccc2-c2nc(-c3ccc(-n4c5ccc(-c6ccc7c(c6)c6ccccc6n7-c6ccccc6)cc5c5cc(-c6ccc7c(c6)c6ccccc6n7-c6ccccc6)ccc54)cc3)nc(-c3ccc(-n4c5ccc(-c6ccc7c(c6)c6ccccc6n7-c6ccccc6)cc5c5cc(-c6ccc7c(c6)c6ccccc6n7-c6ccccc6)ccc54)cc3)n2)cc1. The molecule has 7 heterocycles. The quantitative estimate of drug-likeness (QED) is 0.109. The molecule has 0 fully saturated rings. The van der Waals surface area contributed by atoms with E-state index < -0.39 is 0 Å². The molecular weight excluding hydrogens is 1600 g/mol. The van der Waals surface area contributed by atoms with Crippen LogP contribution in [0.3, 0.4) is 0 Å². The van der Waals surface area contributed by atoms with E-state index in [0.29, 0.717) is 17.5 Å². The van der Waals surface area contributed by atoms with Gasteiger partial charge in [0.15, 0.2) is 17.5 Å². The smallest absolute Gasteiger partial charge is 0.164 e. The summed E-state index contributed by atoms with van der Waals surface area (Å²) < 4.78 is 14.4. The molecule has 0 amide bonds. The van der Waals surface area contributed by atoms with Crippen molar-refractivity contribution in [3.63, 3.8) is 0 Å². The van der Waals surface area contributed by atoms with Crippen molar-refractivity contribution in [1.82, 2.24) is 42.4 Å². The molecule has 9 nitrogen and oxygen atoms in total. The minimum Gasteiger partial charge on any atom is -0.309 e. The highest BCUT2D eigenvalue weighted by Crippen LogP contribution is 2.47. The number of hydrogen-bond donors (Lipinski definition) is 0. The van der Waals surface area contributed by atoms with Gasteiger partial charge in [-0.15, -0.1) is 0 Å². The van der Waals surface area contributed by atoms with Gasteiger partial charge in [0, 0.05) is 115 Å². The van der Waals surface area contributed by atoms with Gasteiger partial charge in [0.1, 0.15) is 0 Å². The van der Waals surface area contributed by atoms with Gasteiger partial charge >= 0.3 is 0 Å². The fraction of sp³-hybridized carbons (Fsp3) is 0. The zero-order valence-electron chi connectivity index (χ0n) is 71.5. The Morgan fingerprint density at radius 3 is 0.553 bits per heavy atom. The molecule has 0 atom stereocenters. The first-order valence-corrected chi connectivity index (χ1v) is 45.1. The van der Waals surface area contributed by atoms with Gasteiger partial charge in [0.25, 0.3) is 0 Å². The van der Waals surface area contributed by atoms with Crippen molar-refractivity contribution in [2.24, 2.45) is 0 Å². The Balaban J connectivity index is 0.591. The summed E-state index contributed by atoms with van der Waals surface area (Å²) in [6, 6.07) is 171. The second-order valence-corrected chi connectivity index (χ2v) is 34.6. The van der Waals surface area contributed by atoms with Crippen molar-refractivity contribution < 1.29 is 0 Å². The lowest BCUT2D eigenvalue weighted by Gasteiger charge is -2.13. The van der Waals surface area contributed by atoms with Gasteiger partial charge in [-0.2, -0.15) is 0 Å². The Morgan fingerprint density at radius 1 is 0.114 bits per heavy atom. The van der Waals surface area contributed by atoms with Crippen molar-refractivity contribution >= 4 is 131 Å². The normalized spacial score (nSPS) is 11.9. The van der Waals surface area contributed by atoms with Crippen LogP contribution >= 0.6 is 0 Å². The number of aromatic nitrogens is 9. The number of benzene rings is 20. The molecule has 0 unspecified atom stereocenters. The molecule has 614 valence electrons. The molecule has 0 saturated heterocycles. The number of nitrogens with zero attached hydrogens (tertiary/aromatic N) is 9. The van der Waals surface area contributed by atoms with Gasteiger partial charge in [-0.05, 0) is 274 Å². The van der Waals surface area contributed by atoms with Crippen LogP contribution in [0.25, 0.3) is 255 Å². The molecule has 0 saturated carbocycles. The molecule has 0 aliphatic carbocycles. The molecule has 27 aromatic rings. The monoisotopic (exact) mass is 1680 g/mol. The van der Waals surface area contributed by atoms with Crippen LogP contribution in [0.5, 0.6) is 0 Å². The van der Waals surface area contributed by atoms with E-state index in [4.69, 9.17) is 15.0 Å². The van der Waals surface area contributed by atoms with Crippen molar-refractivity contribution in [3.8, 4) is 124 Å². The Kier molecular flexibility index (Phi) is 16.9. The predicted octanol–water partition coefficient (Wildman–Crippen LogP) is 31.8. The second kappa shape index (κ2) is 29.9. The highest BCUT2D eigenvalue weighted by atomic mass is 15.1. The number of fused-ring (bicyclic) bond motifs is 18. The number of para-hydroxylation sites is 8. The predicted molar refractivity (Wildman–Crippen MR) is 549 cm³/mol. The number of rotatable bonds is 14. The van der Waals surface area contributed by atoms with Gasteiger partial charge in [0.2, 0.25) is 0 Å². The summed E-state index contributed by atoms with van der Waals surface area (Å²) in [6.07, 6.45) is 0. The minimum absolute atomic E-state index is 0.564. The van der Waals surface area contributed by atoms with Crippen LogP contribution in [0.15, 0.2) is 467 Å². The largest absolute Gasteiger partial charge is 0.309 e. The van der Waals surface area contributed by atoms with Crippen LogP contribution in [0, 0.1) is 0 Å². The van der Waals surface area contributed by atoms with Crippen LogP contribution in [-0.4, -0.2) is 42.4 Å². The third kappa shape index (κ3) is 11.9. The maximum atomic E-state index is 5.51. The molecule has 7 aromatic heterocycles. The van der Waals surface area contributed by atoms with E-state index in [1.807, 2.05) is 0 Å². The van der Waals surface area contributed by atoms with Gasteiger partial charge in [0.05, 0.1) is 66.2 Å².